The van der Waals surface area contributed by atoms with E-state index in [0.29, 0.717) is 12.1 Å². The molecule has 0 fully saturated rings. The van der Waals surface area contributed by atoms with Crippen molar-refractivity contribution in [3.8, 4) is 0 Å². The number of nitrogens with zero attached hydrogens (tertiary/aromatic N) is 1. The highest BCUT2D eigenvalue weighted by atomic mass is 16.5. The summed E-state index contributed by atoms with van der Waals surface area (Å²) in [5.41, 5.74) is 1.54. The van der Waals surface area contributed by atoms with E-state index in [9.17, 15) is 14.7 Å². The lowest BCUT2D eigenvalue weighted by Gasteiger charge is -2.25. The Balaban J connectivity index is 2.40. The van der Waals surface area contributed by atoms with Gasteiger partial charge in [-0.15, -0.1) is 0 Å². The second-order valence-electron chi connectivity index (χ2n) is 4.27. The van der Waals surface area contributed by atoms with E-state index in [1.54, 1.807) is 19.1 Å². The van der Waals surface area contributed by atoms with Crippen molar-refractivity contribution >= 4 is 17.6 Å². The molecule has 0 saturated heterocycles. The van der Waals surface area contributed by atoms with Crippen molar-refractivity contribution in [2.75, 3.05) is 12.0 Å². The Labute approximate surface area is 105 Å². The number of carbonyl (C=O) groups excluding carboxylic acids is 1. The Morgan fingerprint density at radius 3 is 2.72 bits per heavy atom. The fourth-order valence-electron chi connectivity index (χ4n) is 2.15. The SMILES string of the molecule is COC(C)C(=O)N1c2ccccc2C[C@H]1C(=O)O. The van der Waals surface area contributed by atoms with Gasteiger partial charge in [0.2, 0.25) is 0 Å². The Bertz CT molecular complexity index is 486. The molecule has 1 aliphatic heterocycles. The van der Waals surface area contributed by atoms with Gasteiger partial charge in [0, 0.05) is 19.2 Å². The molecule has 0 saturated carbocycles. The molecule has 1 heterocycles. The lowest BCUT2D eigenvalue weighted by atomic mass is 10.1. The lowest BCUT2D eigenvalue weighted by Crippen LogP contribution is -2.47. The number of benzene rings is 1. The second kappa shape index (κ2) is 4.78. The molecule has 0 radical (unpaired) electrons. The number of amides is 1. The number of carboxylic acids is 1. The molecule has 2 rings (SSSR count). The van der Waals surface area contributed by atoms with Crippen LogP contribution in [0.3, 0.4) is 0 Å². The topological polar surface area (TPSA) is 66.8 Å². The summed E-state index contributed by atoms with van der Waals surface area (Å²) in [6.45, 7) is 1.61. The van der Waals surface area contributed by atoms with Crippen molar-refractivity contribution in [3.05, 3.63) is 29.8 Å². The van der Waals surface area contributed by atoms with Gasteiger partial charge in [-0.25, -0.2) is 4.79 Å². The van der Waals surface area contributed by atoms with Gasteiger partial charge >= 0.3 is 5.97 Å². The van der Waals surface area contributed by atoms with Crippen LogP contribution < -0.4 is 4.90 Å². The van der Waals surface area contributed by atoms with Crippen molar-refractivity contribution in [1.82, 2.24) is 0 Å². The fraction of sp³-hybridized carbons (Fsp3) is 0.385. The first-order chi connectivity index (χ1) is 8.56. The summed E-state index contributed by atoms with van der Waals surface area (Å²) in [6.07, 6.45) is -0.314. The van der Waals surface area contributed by atoms with Crippen LogP contribution in [0.1, 0.15) is 12.5 Å². The van der Waals surface area contributed by atoms with Crippen LogP contribution in [0.5, 0.6) is 0 Å². The van der Waals surface area contributed by atoms with Crippen LogP contribution in [0.2, 0.25) is 0 Å². The van der Waals surface area contributed by atoms with Gasteiger partial charge in [0.1, 0.15) is 12.1 Å². The zero-order valence-electron chi connectivity index (χ0n) is 10.3. The van der Waals surface area contributed by atoms with Crippen molar-refractivity contribution in [1.29, 1.82) is 0 Å². The van der Waals surface area contributed by atoms with Crippen molar-refractivity contribution in [2.24, 2.45) is 0 Å². The van der Waals surface area contributed by atoms with Crippen LogP contribution in [0, 0.1) is 0 Å². The number of anilines is 1. The number of hydrogen-bond donors (Lipinski definition) is 1. The Kier molecular flexibility index (Phi) is 3.34. The van der Waals surface area contributed by atoms with Gasteiger partial charge in [-0.2, -0.15) is 0 Å². The zero-order valence-corrected chi connectivity index (χ0v) is 10.3. The normalized spacial score (nSPS) is 19.4. The highest BCUT2D eigenvalue weighted by molar-refractivity contribution is 6.03. The Morgan fingerprint density at radius 2 is 2.11 bits per heavy atom. The minimum Gasteiger partial charge on any atom is -0.480 e. The number of carboxylic acid groups (broad SMARTS) is 1. The molecule has 0 aromatic heterocycles. The number of hydrogen-bond acceptors (Lipinski definition) is 3. The maximum Gasteiger partial charge on any atom is 0.327 e. The summed E-state index contributed by atoms with van der Waals surface area (Å²) in [5, 5.41) is 9.22. The largest absolute Gasteiger partial charge is 0.480 e. The predicted octanol–water partition coefficient (Wildman–Crippen LogP) is 1.06. The van der Waals surface area contributed by atoms with Crippen LogP contribution in [0.4, 0.5) is 5.69 Å². The monoisotopic (exact) mass is 249 g/mol. The molecule has 1 aromatic rings. The first-order valence-electron chi connectivity index (χ1n) is 5.73. The summed E-state index contributed by atoms with van der Waals surface area (Å²) in [5.74, 6) is -1.32. The molecule has 2 atom stereocenters. The first kappa shape index (κ1) is 12.6. The van der Waals surface area contributed by atoms with Gasteiger partial charge in [0.15, 0.2) is 0 Å². The molecule has 18 heavy (non-hydrogen) atoms. The summed E-state index contributed by atoms with van der Waals surface area (Å²) in [4.78, 5) is 24.8. The van der Waals surface area contributed by atoms with E-state index < -0.39 is 18.1 Å². The van der Waals surface area contributed by atoms with Crippen LogP contribution in [0.25, 0.3) is 0 Å². The van der Waals surface area contributed by atoms with Crippen molar-refractivity contribution < 1.29 is 19.4 Å². The van der Waals surface area contributed by atoms with E-state index in [0.717, 1.165) is 5.56 Å². The summed E-state index contributed by atoms with van der Waals surface area (Å²) in [7, 11) is 1.43. The third-order valence-electron chi connectivity index (χ3n) is 3.20. The fourth-order valence-corrected chi connectivity index (χ4v) is 2.15. The van der Waals surface area contributed by atoms with Crippen molar-refractivity contribution in [2.45, 2.75) is 25.5 Å². The minimum absolute atomic E-state index is 0.324. The first-order valence-corrected chi connectivity index (χ1v) is 5.73. The molecular weight excluding hydrogens is 234 g/mol. The maximum absolute atomic E-state index is 12.2. The third-order valence-corrected chi connectivity index (χ3v) is 3.20. The molecule has 0 spiro atoms. The standard InChI is InChI=1S/C13H15NO4/c1-8(18-2)12(15)14-10-6-4-3-5-9(10)7-11(14)13(16)17/h3-6,8,11H,7H2,1-2H3,(H,16,17)/t8?,11-/m0/s1. The molecule has 1 N–H and O–H groups in total. The molecule has 1 unspecified atom stereocenters. The van der Waals surface area contributed by atoms with Crippen LogP contribution >= 0.6 is 0 Å². The second-order valence-corrected chi connectivity index (χ2v) is 4.27. The minimum atomic E-state index is -0.997. The number of para-hydroxylation sites is 1. The molecule has 1 aliphatic rings. The van der Waals surface area contributed by atoms with Crippen LogP contribution in [-0.2, 0) is 20.7 Å². The van der Waals surface area contributed by atoms with E-state index in [2.05, 4.69) is 0 Å². The average molecular weight is 249 g/mol. The van der Waals surface area contributed by atoms with Crippen LogP contribution in [0.15, 0.2) is 24.3 Å². The third kappa shape index (κ3) is 1.97. The predicted molar refractivity (Wildman–Crippen MR) is 65.5 cm³/mol. The van der Waals surface area contributed by atoms with Gasteiger partial charge in [0.25, 0.3) is 5.91 Å². The molecule has 0 bridgehead atoms. The van der Waals surface area contributed by atoms with Gasteiger partial charge in [-0.1, -0.05) is 18.2 Å². The Morgan fingerprint density at radius 1 is 1.44 bits per heavy atom. The van der Waals surface area contributed by atoms with Gasteiger partial charge in [0.05, 0.1) is 0 Å². The number of fused-ring (bicyclic) bond motifs is 1. The summed E-state index contributed by atoms with van der Waals surface area (Å²) in [6, 6.07) is 6.40. The number of ether oxygens (including phenoxy) is 1. The molecule has 5 heteroatoms. The van der Waals surface area contributed by atoms with Crippen LogP contribution in [-0.4, -0.2) is 36.2 Å². The number of methoxy groups -OCH3 is 1. The number of rotatable bonds is 3. The molecule has 96 valence electrons. The quantitative estimate of drug-likeness (QED) is 0.870. The molecule has 1 amide bonds. The van der Waals surface area contributed by atoms with Crippen molar-refractivity contribution in [3.63, 3.8) is 0 Å². The summed E-state index contributed by atoms with van der Waals surface area (Å²) >= 11 is 0. The number of aliphatic carboxylic acids is 1. The highest BCUT2D eigenvalue weighted by Crippen LogP contribution is 2.32. The van der Waals surface area contributed by atoms with E-state index in [4.69, 9.17) is 4.74 Å². The van der Waals surface area contributed by atoms with Gasteiger partial charge < -0.3 is 9.84 Å². The van der Waals surface area contributed by atoms with E-state index in [1.165, 1.54) is 12.0 Å². The van der Waals surface area contributed by atoms with E-state index >= 15 is 0 Å². The molecular formula is C13H15NO4. The molecule has 1 aromatic carbocycles. The highest BCUT2D eigenvalue weighted by Gasteiger charge is 2.39. The maximum atomic E-state index is 12.2. The lowest BCUT2D eigenvalue weighted by molar-refractivity contribution is -0.141. The van der Waals surface area contributed by atoms with Gasteiger partial charge in [-0.3, -0.25) is 9.69 Å². The Hall–Kier alpha value is -1.88. The molecule has 0 aliphatic carbocycles. The zero-order chi connectivity index (χ0) is 13.3. The molecule has 5 nitrogen and oxygen atoms in total. The summed E-state index contributed by atoms with van der Waals surface area (Å²) < 4.78 is 4.98. The number of carbonyl (C=O) groups is 2. The van der Waals surface area contributed by atoms with E-state index in [1.807, 2.05) is 12.1 Å². The average Bonchev–Trinajstić information content (AvgIpc) is 2.76. The smallest absolute Gasteiger partial charge is 0.327 e. The van der Waals surface area contributed by atoms with Gasteiger partial charge in [-0.05, 0) is 18.6 Å². The van der Waals surface area contributed by atoms with E-state index in [-0.39, 0.29) is 5.91 Å².